The zero-order valence-electron chi connectivity index (χ0n) is 16.3. The number of hydrogen-bond donors (Lipinski definition) is 2. The third kappa shape index (κ3) is 4.20. The number of anilines is 3. The summed E-state index contributed by atoms with van der Waals surface area (Å²) in [6.45, 7) is 4.07. The van der Waals surface area contributed by atoms with Gasteiger partial charge in [-0.2, -0.15) is 0 Å². The molecular weight excluding hydrogens is 390 g/mol. The van der Waals surface area contributed by atoms with Crippen molar-refractivity contribution in [1.82, 2.24) is 10.1 Å². The van der Waals surface area contributed by atoms with Crippen LogP contribution < -0.4 is 20.7 Å². The number of carbonyl (C=O) groups excluding carboxylic acids is 1. The predicted molar refractivity (Wildman–Crippen MR) is 114 cm³/mol. The largest absolute Gasteiger partial charge is 0.494 e. The van der Waals surface area contributed by atoms with Gasteiger partial charge in [-0.3, -0.25) is 4.79 Å². The summed E-state index contributed by atoms with van der Waals surface area (Å²) in [5.74, 6) is 0.763. The monoisotopic (exact) mass is 413 g/mol. The SMILES string of the molecule is COc1cc(N2CCN(C)CC2)ccc1Nc1cc(-c2ccc(C(N)=O)s2)no1. The summed E-state index contributed by atoms with van der Waals surface area (Å²) < 4.78 is 11.0. The molecule has 1 fully saturated rings. The molecular formula is C20H23N5O3S. The molecule has 1 amide bonds. The first kappa shape index (κ1) is 19.3. The lowest BCUT2D eigenvalue weighted by Crippen LogP contribution is -2.44. The summed E-state index contributed by atoms with van der Waals surface area (Å²) in [6, 6.07) is 11.4. The Morgan fingerprint density at radius 1 is 1.21 bits per heavy atom. The summed E-state index contributed by atoms with van der Waals surface area (Å²) in [7, 11) is 3.79. The number of thiophene rings is 1. The van der Waals surface area contributed by atoms with E-state index in [4.69, 9.17) is 15.0 Å². The average molecular weight is 414 g/mol. The van der Waals surface area contributed by atoms with Gasteiger partial charge in [0.1, 0.15) is 11.4 Å². The van der Waals surface area contributed by atoms with Crippen molar-refractivity contribution in [2.24, 2.45) is 5.73 Å². The van der Waals surface area contributed by atoms with Crippen LogP contribution in [0.15, 0.2) is 40.9 Å². The molecule has 9 heteroatoms. The van der Waals surface area contributed by atoms with Crippen LogP contribution in [0, 0.1) is 0 Å². The van der Waals surface area contributed by atoms with Crippen LogP contribution in [0.2, 0.25) is 0 Å². The molecule has 1 saturated heterocycles. The maximum Gasteiger partial charge on any atom is 0.258 e. The van der Waals surface area contributed by atoms with Gasteiger partial charge in [0.25, 0.3) is 5.91 Å². The van der Waals surface area contributed by atoms with Crippen molar-refractivity contribution in [1.29, 1.82) is 0 Å². The van der Waals surface area contributed by atoms with Gasteiger partial charge in [0, 0.05) is 44.0 Å². The number of nitrogens with one attached hydrogen (secondary N) is 1. The zero-order valence-corrected chi connectivity index (χ0v) is 17.2. The number of nitrogens with two attached hydrogens (primary N) is 1. The van der Waals surface area contributed by atoms with Crippen LogP contribution in [-0.2, 0) is 0 Å². The number of methoxy groups -OCH3 is 1. The predicted octanol–water partition coefficient (Wildman–Crippen LogP) is 3.01. The smallest absolute Gasteiger partial charge is 0.258 e. The Morgan fingerprint density at radius 3 is 2.69 bits per heavy atom. The molecule has 8 nitrogen and oxygen atoms in total. The van der Waals surface area contributed by atoms with E-state index in [1.807, 2.05) is 12.1 Å². The first-order valence-corrected chi connectivity index (χ1v) is 10.1. The Kier molecular flexibility index (Phi) is 5.41. The Morgan fingerprint density at radius 2 is 2.00 bits per heavy atom. The molecule has 0 spiro atoms. The van der Waals surface area contributed by atoms with E-state index in [1.54, 1.807) is 25.3 Å². The van der Waals surface area contributed by atoms with E-state index in [9.17, 15) is 4.79 Å². The average Bonchev–Trinajstić information content (AvgIpc) is 3.38. The van der Waals surface area contributed by atoms with Crippen molar-refractivity contribution in [3.05, 3.63) is 41.3 Å². The highest BCUT2D eigenvalue weighted by Gasteiger charge is 2.17. The number of carbonyl (C=O) groups is 1. The fourth-order valence-corrected chi connectivity index (χ4v) is 4.05. The van der Waals surface area contributed by atoms with Crippen molar-refractivity contribution in [2.75, 3.05) is 50.6 Å². The van der Waals surface area contributed by atoms with Crippen LogP contribution in [0.5, 0.6) is 5.75 Å². The molecule has 3 heterocycles. The number of likely N-dealkylation sites (N-methyl/N-ethyl adjacent to an activating group) is 1. The standard InChI is InChI=1S/C20H23N5O3S/c1-24-7-9-25(10-8-24)13-3-4-14(16(11-13)27-2)22-19-12-15(23-28-19)17-5-6-18(29-17)20(21)26/h3-6,11-12,22H,7-10H2,1-2H3,(H2,21,26). The molecule has 1 aromatic carbocycles. The van der Waals surface area contributed by atoms with Crippen LogP contribution in [-0.4, -0.2) is 56.3 Å². The number of piperazine rings is 1. The first-order chi connectivity index (χ1) is 14.0. The molecule has 1 aliphatic rings. The third-order valence-electron chi connectivity index (χ3n) is 4.92. The number of nitrogens with zero attached hydrogens (tertiary/aromatic N) is 3. The van der Waals surface area contributed by atoms with Crippen LogP contribution in [0.3, 0.4) is 0 Å². The number of aromatic nitrogens is 1. The normalized spacial score (nSPS) is 14.8. The zero-order chi connectivity index (χ0) is 20.4. The number of hydrogen-bond acceptors (Lipinski definition) is 8. The van der Waals surface area contributed by atoms with E-state index in [0.29, 0.717) is 16.5 Å². The summed E-state index contributed by atoms with van der Waals surface area (Å²) in [4.78, 5) is 17.3. The van der Waals surface area contributed by atoms with Gasteiger partial charge in [-0.15, -0.1) is 11.3 Å². The molecule has 29 heavy (non-hydrogen) atoms. The number of amides is 1. The number of rotatable bonds is 6. The van der Waals surface area contributed by atoms with E-state index in [1.165, 1.54) is 11.3 Å². The minimum atomic E-state index is -0.451. The molecule has 4 rings (SSSR count). The Labute approximate surface area is 172 Å². The highest BCUT2D eigenvalue weighted by atomic mass is 32.1. The molecule has 0 aliphatic carbocycles. The van der Waals surface area contributed by atoms with Crippen molar-refractivity contribution >= 4 is 34.5 Å². The molecule has 0 saturated carbocycles. The van der Waals surface area contributed by atoms with Gasteiger partial charge in [-0.1, -0.05) is 5.16 Å². The molecule has 2 aromatic heterocycles. The second kappa shape index (κ2) is 8.14. The summed E-state index contributed by atoms with van der Waals surface area (Å²) in [5.41, 5.74) is 7.87. The highest BCUT2D eigenvalue weighted by Crippen LogP contribution is 2.34. The molecule has 1 aliphatic heterocycles. The fraction of sp³-hybridized carbons (Fsp3) is 0.300. The van der Waals surface area contributed by atoms with Gasteiger partial charge >= 0.3 is 0 Å². The number of primary amides is 1. The summed E-state index contributed by atoms with van der Waals surface area (Å²) >= 11 is 1.28. The lowest BCUT2D eigenvalue weighted by molar-refractivity contribution is 0.100. The Balaban J connectivity index is 1.50. The first-order valence-electron chi connectivity index (χ1n) is 9.29. The second-order valence-corrected chi connectivity index (χ2v) is 7.99. The van der Waals surface area contributed by atoms with Crippen LogP contribution in [0.4, 0.5) is 17.3 Å². The van der Waals surface area contributed by atoms with Gasteiger partial charge in [-0.05, 0) is 31.3 Å². The minimum absolute atomic E-state index is 0.451. The molecule has 3 aromatic rings. The van der Waals surface area contributed by atoms with Crippen molar-refractivity contribution in [3.8, 4) is 16.3 Å². The quantitative estimate of drug-likeness (QED) is 0.641. The molecule has 0 bridgehead atoms. The molecule has 3 N–H and O–H groups in total. The number of benzene rings is 1. The van der Waals surface area contributed by atoms with Gasteiger partial charge in [0.05, 0.1) is 22.6 Å². The molecule has 0 unspecified atom stereocenters. The summed E-state index contributed by atoms with van der Waals surface area (Å²) in [6.07, 6.45) is 0. The minimum Gasteiger partial charge on any atom is -0.494 e. The highest BCUT2D eigenvalue weighted by molar-refractivity contribution is 7.17. The molecule has 0 radical (unpaired) electrons. The van der Waals surface area contributed by atoms with E-state index in [-0.39, 0.29) is 0 Å². The maximum atomic E-state index is 11.3. The summed E-state index contributed by atoms with van der Waals surface area (Å²) in [5, 5.41) is 7.29. The van der Waals surface area contributed by atoms with Gasteiger partial charge in [0.2, 0.25) is 5.88 Å². The van der Waals surface area contributed by atoms with E-state index in [2.05, 4.69) is 33.4 Å². The molecule has 152 valence electrons. The topological polar surface area (TPSA) is 96.9 Å². The van der Waals surface area contributed by atoms with Crippen molar-refractivity contribution in [2.45, 2.75) is 0 Å². The van der Waals surface area contributed by atoms with E-state index in [0.717, 1.165) is 48.2 Å². The Bertz CT molecular complexity index is 1010. The number of ether oxygens (including phenoxy) is 1. The lowest BCUT2D eigenvalue weighted by Gasteiger charge is -2.34. The Hall–Kier alpha value is -3.04. The van der Waals surface area contributed by atoms with Crippen LogP contribution in [0.1, 0.15) is 9.67 Å². The second-order valence-electron chi connectivity index (χ2n) is 6.90. The fourth-order valence-electron chi connectivity index (χ4n) is 3.24. The van der Waals surface area contributed by atoms with Gasteiger partial charge in [-0.25, -0.2) is 0 Å². The lowest BCUT2D eigenvalue weighted by atomic mass is 10.2. The van der Waals surface area contributed by atoms with Gasteiger partial charge in [0.15, 0.2) is 0 Å². The third-order valence-corrected chi connectivity index (χ3v) is 6.05. The van der Waals surface area contributed by atoms with Crippen LogP contribution >= 0.6 is 11.3 Å². The van der Waals surface area contributed by atoms with Crippen LogP contribution in [0.25, 0.3) is 10.6 Å². The maximum absolute atomic E-state index is 11.3. The van der Waals surface area contributed by atoms with Crippen molar-refractivity contribution in [3.63, 3.8) is 0 Å². The van der Waals surface area contributed by atoms with Crippen molar-refractivity contribution < 1.29 is 14.1 Å². The van der Waals surface area contributed by atoms with Gasteiger partial charge < -0.3 is 30.1 Å². The molecule has 0 atom stereocenters. The van der Waals surface area contributed by atoms with E-state index < -0.39 is 5.91 Å². The van der Waals surface area contributed by atoms with E-state index >= 15 is 0 Å².